The zero-order chi connectivity index (χ0) is 11.4. The van der Waals surface area contributed by atoms with Crippen molar-refractivity contribution in [2.75, 3.05) is 19.6 Å². The fourth-order valence-corrected chi connectivity index (χ4v) is 1.66. The highest BCUT2D eigenvalue weighted by Crippen LogP contribution is 2.03. The smallest absolute Gasteiger partial charge is 0.254 e. The number of carbonyl (C=O) groups excluding carboxylic acids is 1. The van der Waals surface area contributed by atoms with E-state index in [1.807, 2.05) is 0 Å². The summed E-state index contributed by atoms with van der Waals surface area (Å²) in [6.07, 6.45) is 6.43. The first-order valence-corrected chi connectivity index (χ1v) is 5.41. The number of aromatic nitrogens is 2. The molecule has 1 amide bonds. The molecule has 0 spiro atoms. The van der Waals surface area contributed by atoms with Crippen molar-refractivity contribution >= 4 is 18.3 Å². The van der Waals surface area contributed by atoms with Gasteiger partial charge in [-0.3, -0.25) is 9.48 Å². The van der Waals surface area contributed by atoms with E-state index in [0.29, 0.717) is 12.1 Å². The summed E-state index contributed by atoms with van der Waals surface area (Å²) in [7, 11) is 1.80. The van der Waals surface area contributed by atoms with Gasteiger partial charge in [0.15, 0.2) is 0 Å². The molecule has 0 radical (unpaired) electrons. The number of hydrogen-bond donors (Lipinski definition) is 2. The Balaban J connectivity index is 0.00000144. The molecule has 0 saturated heterocycles. The lowest BCUT2D eigenvalue weighted by Crippen LogP contribution is -2.29. The zero-order valence-electron chi connectivity index (χ0n) is 9.77. The summed E-state index contributed by atoms with van der Waals surface area (Å²) in [5, 5.41) is 10.1. The molecular weight excluding hydrogens is 240 g/mol. The maximum Gasteiger partial charge on any atom is 0.254 e. The van der Waals surface area contributed by atoms with Crippen molar-refractivity contribution in [1.82, 2.24) is 20.4 Å². The van der Waals surface area contributed by atoms with Crippen LogP contribution in [-0.2, 0) is 7.05 Å². The first kappa shape index (κ1) is 13.7. The van der Waals surface area contributed by atoms with Gasteiger partial charge in [-0.25, -0.2) is 0 Å². The summed E-state index contributed by atoms with van der Waals surface area (Å²) < 4.78 is 1.62. The fourth-order valence-electron chi connectivity index (χ4n) is 1.66. The van der Waals surface area contributed by atoms with Crippen molar-refractivity contribution in [1.29, 1.82) is 0 Å². The molecular formula is C11H17ClN4O. The average Bonchev–Trinajstić information content (AvgIpc) is 2.74. The Morgan fingerprint density at radius 3 is 3.06 bits per heavy atom. The predicted octanol–water partition coefficient (Wildman–Crippen LogP) is 0.491. The fraction of sp³-hybridized carbons (Fsp3) is 0.455. The molecule has 2 heterocycles. The third-order valence-electron chi connectivity index (χ3n) is 2.60. The molecule has 0 unspecified atom stereocenters. The number of nitrogens with zero attached hydrogens (tertiary/aromatic N) is 2. The Morgan fingerprint density at radius 2 is 2.47 bits per heavy atom. The molecule has 6 heteroatoms. The highest BCUT2D eigenvalue weighted by Gasteiger charge is 2.08. The first-order valence-electron chi connectivity index (χ1n) is 5.41. The third kappa shape index (κ3) is 3.87. The standard InChI is InChI=1S/C11H16N4O.ClH/c1-15-8-10(7-14-15)11(16)13-6-9-2-4-12-5-3-9;/h2,7-8,12H,3-6H2,1H3,(H,13,16);1H. The van der Waals surface area contributed by atoms with E-state index in [9.17, 15) is 4.79 Å². The van der Waals surface area contributed by atoms with Gasteiger partial charge in [0.2, 0.25) is 0 Å². The van der Waals surface area contributed by atoms with Gasteiger partial charge in [-0.15, -0.1) is 12.4 Å². The van der Waals surface area contributed by atoms with E-state index in [2.05, 4.69) is 21.8 Å². The monoisotopic (exact) mass is 256 g/mol. The quantitative estimate of drug-likeness (QED) is 0.774. The maximum absolute atomic E-state index is 11.7. The minimum Gasteiger partial charge on any atom is -0.348 e. The SMILES string of the molecule is Cl.Cn1cc(C(=O)NCC2=CCNCC2)cn1. The summed E-state index contributed by atoms with van der Waals surface area (Å²) in [6.45, 7) is 2.53. The van der Waals surface area contributed by atoms with Gasteiger partial charge in [0.25, 0.3) is 5.91 Å². The van der Waals surface area contributed by atoms with Gasteiger partial charge in [-0.2, -0.15) is 5.10 Å². The zero-order valence-corrected chi connectivity index (χ0v) is 10.6. The summed E-state index contributed by atoms with van der Waals surface area (Å²) in [6, 6.07) is 0. The van der Waals surface area contributed by atoms with Crippen LogP contribution in [0.3, 0.4) is 0 Å². The summed E-state index contributed by atoms with van der Waals surface area (Å²) in [5.74, 6) is -0.0625. The average molecular weight is 257 g/mol. The minimum atomic E-state index is -0.0625. The lowest BCUT2D eigenvalue weighted by Gasteiger charge is -2.14. The topological polar surface area (TPSA) is 59.0 Å². The molecule has 1 aromatic rings. The second kappa shape index (κ2) is 6.42. The van der Waals surface area contributed by atoms with Crippen LogP contribution in [0, 0.1) is 0 Å². The van der Waals surface area contributed by atoms with Crippen molar-refractivity contribution < 1.29 is 4.79 Å². The van der Waals surface area contributed by atoms with Crippen LogP contribution in [-0.4, -0.2) is 35.3 Å². The van der Waals surface area contributed by atoms with Gasteiger partial charge in [0.1, 0.15) is 0 Å². The molecule has 0 fully saturated rings. The Kier molecular flexibility index (Phi) is 5.18. The third-order valence-corrected chi connectivity index (χ3v) is 2.60. The number of carbonyl (C=O) groups is 1. The van der Waals surface area contributed by atoms with Crippen molar-refractivity contribution in [3.63, 3.8) is 0 Å². The number of nitrogens with one attached hydrogen (secondary N) is 2. The van der Waals surface area contributed by atoms with Gasteiger partial charge in [0, 0.05) is 26.3 Å². The van der Waals surface area contributed by atoms with E-state index in [-0.39, 0.29) is 18.3 Å². The van der Waals surface area contributed by atoms with Crippen LogP contribution >= 0.6 is 12.4 Å². The van der Waals surface area contributed by atoms with Crippen molar-refractivity contribution in [3.05, 3.63) is 29.6 Å². The first-order chi connectivity index (χ1) is 7.75. The molecule has 2 rings (SSSR count). The van der Waals surface area contributed by atoms with E-state index in [1.165, 1.54) is 5.57 Å². The molecule has 2 N–H and O–H groups in total. The molecule has 0 saturated carbocycles. The molecule has 5 nitrogen and oxygen atoms in total. The molecule has 0 atom stereocenters. The Labute approximate surface area is 107 Å². The van der Waals surface area contributed by atoms with E-state index < -0.39 is 0 Å². The molecule has 0 aromatic carbocycles. The van der Waals surface area contributed by atoms with Crippen LogP contribution in [0.15, 0.2) is 24.0 Å². The molecule has 1 aliphatic rings. The normalized spacial score (nSPS) is 14.8. The highest BCUT2D eigenvalue weighted by molar-refractivity contribution is 5.93. The Morgan fingerprint density at radius 1 is 1.65 bits per heavy atom. The van der Waals surface area contributed by atoms with Crippen molar-refractivity contribution in [3.8, 4) is 0 Å². The second-order valence-electron chi connectivity index (χ2n) is 3.90. The molecule has 94 valence electrons. The maximum atomic E-state index is 11.7. The van der Waals surface area contributed by atoms with Crippen LogP contribution in [0.4, 0.5) is 0 Å². The van der Waals surface area contributed by atoms with E-state index >= 15 is 0 Å². The van der Waals surface area contributed by atoms with Crippen molar-refractivity contribution in [2.24, 2.45) is 7.05 Å². The van der Waals surface area contributed by atoms with Gasteiger partial charge in [-0.05, 0) is 13.0 Å². The minimum absolute atomic E-state index is 0. The van der Waals surface area contributed by atoms with E-state index in [1.54, 1.807) is 24.1 Å². The van der Waals surface area contributed by atoms with Crippen LogP contribution in [0.5, 0.6) is 0 Å². The van der Waals surface area contributed by atoms with E-state index in [4.69, 9.17) is 0 Å². The molecule has 1 aliphatic heterocycles. The van der Waals surface area contributed by atoms with Gasteiger partial charge >= 0.3 is 0 Å². The van der Waals surface area contributed by atoms with Crippen LogP contribution in [0.25, 0.3) is 0 Å². The molecule has 1 aromatic heterocycles. The van der Waals surface area contributed by atoms with Gasteiger partial charge in [-0.1, -0.05) is 11.6 Å². The Bertz CT molecular complexity index is 413. The van der Waals surface area contributed by atoms with Gasteiger partial charge < -0.3 is 10.6 Å². The van der Waals surface area contributed by atoms with Crippen molar-refractivity contribution in [2.45, 2.75) is 6.42 Å². The van der Waals surface area contributed by atoms with E-state index in [0.717, 1.165) is 19.5 Å². The lowest BCUT2D eigenvalue weighted by atomic mass is 10.1. The number of amides is 1. The number of halogens is 1. The molecule has 0 bridgehead atoms. The van der Waals surface area contributed by atoms with Crippen LogP contribution in [0.1, 0.15) is 16.8 Å². The highest BCUT2D eigenvalue weighted by atomic mass is 35.5. The van der Waals surface area contributed by atoms with Crippen LogP contribution in [0.2, 0.25) is 0 Å². The number of aryl methyl sites for hydroxylation is 1. The lowest BCUT2D eigenvalue weighted by molar-refractivity contribution is 0.0956. The summed E-state index contributed by atoms with van der Waals surface area (Å²) in [4.78, 5) is 11.7. The van der Waals surface area contributed by atoms with Gasteiger partial charge in [0.05, 0.1) is 11.8 Å². The summed E-state index contributed by atoms with van der Waals surface area (Å²) >= 11 is 0. The predicted molar refractivity (Wildman–Crippen MR) is 68.4 cm³/mol. The Hall–Kier alpha value is -1.33. The largest absolute Gasteiger partial charge is 0.348 e. The van der Waals surface area contributed by atoms with Crippen LogP contribution < -0.4 is 10.6 Å². The second-order valence-corrected chi connectivity index (χ2v) is 3.90. The summed E-state index contributed by atoms with van der Waals surface area (Å²) in [5.41, 5.74) is 1.90. The molecule has 0 aliphatic carbocycles. The number of hydrogen-bond acceptors (Lipinski definition) is 3. The molecule has 17 heavy (non-hydrogen) atoms. The number of rotatable bonds is 3.